The Morgan fingerprint density at radius 1 is 1.15 bits per heavy atom. The van der Waals surface area contributed by atoms with Gasteiger partial charge in [-0.1, -0.05) is 55.3 Å². The summed E-state index contributed by atoms with van der Waals surface area (Å²) < 4.78 is 38.8. The number of hydrogen-bond donors (Lipinski definition) is 1. The lowest BCUT2D eigenvalue weighted by molar-refractivity contribution is -0.185. The summed E-state index contributed by atoms with van der Waals surface area (Å²) in [6.45, 7) is 1.94. The molecule has 146 valence electrons. The maximum atomic E-state index is 12.9. The molecule has 3 atom stereocenters. The Labute approximate surface area is 158 Å². The van der Waals surface area contributed by atoms with Gasteiger partial charge in [0.05, 0.1) is 12.0 Å². The Morgan fingerprint density at radius 3 is 2.67 bits per heavy atom. The van der Waals surface area contributed by atoms with Crippen LogP contribution in [0, 0.1) is 11.8 Å². The second kappa shape index (κ2) is 8.32. The highest BCUT2D eigenvalue weighted by molar-refractivity contribution is 5.86. The Balaban J connectivity index is 1.54. The molecule has 2 nitrogen and oxygen atoms in total. The smallest absolute Gasteiger partial charge is 0.350 e. The van der Waals surface area contributed by atoms with Crippen molar-refractivity contribution in [3.63, 3.8) is 0 Å². The molecule has 3 rings (SSSR count). The molecule has 1 aliphatic carbocycles. The summed E-state index contributed by atoms with van der Waals surface area (Å²) in [5.74, 6) is -1.30. The van der Waals surface area contributed by atoms with Crippen molar-refractivity contribution >= 4 is 16.7 Å². The average Bonchev–Trinajstić information content (AvgIpc) is 2.65. The van der Waals surface area contributed by atoms with Crippen molar-refractivity contribution < 1.29 is 18.0 Å². The quantitative estimate of drug-likeness (QED) is 0.664. The minimum absolute atomic E-state index is 0.0102. The zero-order valence-electron chi connectivity index (χ0n) is 15.6. The van der Waals surface area contributed by atoms with Crippen LogP contribution in [0.25, 0.3) is 10.8 Å². The maximum Gasteiger partial charge on any atom is 0.391 e. The van der Waals surface area contributed by atoms with Crippen LogP contribution >= 0.6 is 0 Å². The van der Waals surface area contributed by atoms with E-state index >= 15 is 0 Å². The fourth-order valence-corrected chi connectivity index (χ4v) is 4.21. The molecule has 5 heteroatoms. The van der Waals surface area contributed by atoms with Crippen molar-refractivity contribution in [2.24, 2.45) is 11.8 Å². The number of alkyl halides is 3. The third-order valence-corrected chi connectivity index (χ3v) is 5.69. The molecule has 1 saturated carbocycles. The van der Waals surface area contributed by atoms with Crippen LogP contribution in [0.3, 0.4) is 0 Å². The van der Waals surface area contributed by atoms with E-state index in [-0.39, 0.29) is 37.1 Å². The van der Waals surface area contributed by atoms with E-state index in [2.05, 4.69) is 5.32 Å². The minimum Gasteiger partial charge on any atom is -0.350 e. The zero-order valence-corrected chi connectivity index (χ0v) is 15.6. The Bertz CT molecular complexity index is 781. The Kier molecular flexibility index (Phi) is 6.08. The number of halogens is 3. The number of nitrogens with one attached hydrogen (secondary N) is 1. The molecular weight excluding hydrogens is 351 g/mol. The van der Waals surface area contributed by atoms with Crippen molar-refractivity contribution in [2.45, 2.75) is 57.7 Å². The molecule has 0 heterocycles. The molecule has 2 aromatic rings. The molecule has 3 unspecified atom stereocenters. The van der Waals surface area contributed by atoms with E-state index in [1.165, 1.54) is 0 Å². The first kappa shape index (κ1) is 19.7. The van der Waals surface area contributed by atoms with E-state index < -0.39 is 12.1 Å². The van der Waals surface area contributed by atoms with Gasteiger partial charge < -0.3 is 5.32 Å². The van der Waals surface area contributed by atoms with Gasteiger partial charge in [-0.3, -0.25) is 4.79 Å². The summed E-state index contributed by atoms with van der Waals surface area (Å²) in [5, 5.41) is 5.23. The lowest BCUT2D eigenvalue weighted by Gasteiger charge is -2.30. The van der Waals surface area contributed by atoms with Crippen molar-refractivity contribution in [3.05, 3.63) is 48.0 Å². The monoisotopic (exact) mass is 377 g/mol. The first-order valence-corrected chi connectivity index (χ1v) is 9.68. The zero-order chi connectivity index (χ0) is 19.4. The average molecular weight is 377 g/mol. The summed E-state index contributed by atoms with van der Waals surface area (Å²) in [6.07, 6.45) is -1.52. The number of carbonyl (C=O) groups excluding carboxylic acids is 1. The van der Waals surface area contributed by atoms with E-state index in [9.17, 15) is 18.0 Å². The summed E-state index contributed by atoms with van der Waals surface area (Å²) in [7, 11) is 0. The number of hydrogen-bond acceptors (Lipinski definition) is 1. The molecule has 0 aliphatic heterocycles. The highest BCUT2D eigenvalue weighted by Gasteiger charge is 2.41. The molecule has 27 heavy (non-hydrogen) atoms. The van der Waals surface area contributed by atoms with Gasteiger partial charge in [-0.25, -0.2) is 0 Å². The lowest BCUT2D eigenvalue weighted by atomic mass is 9.79. The number of benzene rings is 2. The first-order valence-electron chi connectivity index (χ1n) is 9.68. The van der Waals surface area contributed by atoms with Gasteiger partial charge in [0.25, 0.3) is 0 Å². The number of rotatable bonds is 5. The molecule has 1 N–H and O–H groups in total. The molecule has 1 amide bonds. The van der Waals surface area contributed by atoms with Crippen LogP contribution in [-0.4, -0.2) is 12.1 Å². The van der Waals surface area contributed by atoms with Crippen molar-refractivity contribution in [1.82, 2.24) is 5.32 Å². The van der Waals surface area contributed by atoms with Crippen LogP contribution in [0.5, 0.6) is 0 Å². The minimum atomic E-state index is -4.11. The van der Waals surface area contributed by atoms with Crippen LogP contribution in [0.2, 0.25) is 0 Å². The van der Waals surface area contributed by atoms with Crippen LogP contribution in [0.15, 0.2) is 42.5 Å². The highest BCUT2D eigenvalue weighted by Crippen LogP contribution is 2.41. The predicted molar refractivity (Wildman–Crippen MR) is 101 cm³/mol. The Morgan fingerprint density at radius 2 is 1.89 bits per heavy atom. The van der Waals surface area contributed by atoms with Crippen molar-refractivity contribution in [2.75, 3.05) is 0 Å². The van der Waals surface area contributed by atoms with Crippen molar-refractivity contribution in [1.29, 1.82) is 0 Å². The maximum absolute atomic E-state index is 12.9. The second-order valence-electron chi connectivity index (χ2n) is 7.67. The number of carbonyl (C=O) groups is 1. The van der Waals surface area contributed by atoms with Gasteiger partial charge in [0.15, 0.2) is 0 Å². The molecule has 2 aromatic carbocycles. The van der Waals surface area contributed by atoms with Gasteiger partial charge in [-0.2, -0.15) is 13.2 Å². The van der Waals surface area contributed by atoms with E-state index in [0.717, 1.165) is 22.8 Å². The normalized spacial score (nSPS) is 21.8. The first-order chi connectivity index (χ1) is 12.8. The second-order valence-corrected chi connectivity index (χ2v) is 7.67. The predicted octanol–water partition coefficient (Wildman–Crippen LogP) is 6.17. The summed E-state index contributed by atoms with van der Waals surface area (Å²) in [4.78, 5) is 12.4. The third-order valence-electron chi connectivity index (χ3n) is 5.69. The van der Waals surface area contributed by atoms with Gasteiger partial charge in [-0.15, -0.1) is 0 Å². The van der Waals surface area contributed by atoms with Crippen molar-refractivity contribution in [3.8, 4) is 0 Å². The van der Waals surface area contributed by atoms with Crippen LogP contribution in [0.1, 0.15) is 57.1 Å². The molecule has 0 aromatic heterocycles. The van der Waals surface area contributed by atoms with E-state index in [4.69, 9.17) is 0 Å². The molecule has 0 bridgehead atoms. The number of amides is 1. The summed E-state index contributed by atoms with van der Waals surface area (Å²) in [5.41, 5.74) is 1.05. The Hall–Kier alpha value is -2.04. The topological polar surface area (TPSA) is 29.1 Å². The van der Waals surface area contributed by atoms with Gasteiger partial charge >= 0.3 is 6.18 Å². The van der Waals surface area contributed by atoms with Crippen LogP contribution < -0.4 is 5.32 Å². The van der Waals surface area contributed by atoms with E-state index in [1.807, 2.05) is 49.4 Å². The molecule has 0 spiro atoms. The number of fused-ring (bicyclic) bond motifs is 1. The standard InChI is InChI=1S/C22H26F3NO/c1-15(19-11-5-8-17-7-2-3-10-20(17)19)26-21(27)13-12-16-6-4-9-18(14-16)22(23,24)25/h2-3,5,7-8,10-11,15-16,18H,4,6,9,12-14H2,1H3,(H,26,27). The fourth-order valence-electron chi connectivity index (χ4n) is 4.21. The van der Waals surface area contributed by atoms with Crippen LogP contribution in [0.4, 0.5) is 13.2 Å². The summed E-state index contributed by atoms with van der Waals surface area (Å²) in [6, 6.07) is 13.9. The lowest BCUT2D eigenvalue weighted by Crippen LogP contribution is -2.30. The SMILES string of the molecule is CC(NC(=O)CCC1CCCC(C(F)(F)F)C1)c1cccc2ccccc12. The highest BCUT2D eigenvalue weighted by atomic mass is 19.4. The van der Waals surface area contributed by atoms with Gasteiger partial charge in [-0.05, 0) is 48.4 Å². The molecule has 1 aliphatic rings. The largest absolute Gasteiger partial charge is 0.391 e. The van der Waals surface area contributed by atoms with Gasteiger partial charge in [0.1, 0.15) is 0 Å². The van der Waals surface area contributed by atoms with Gasteiger partial charge in [0.2, 0.25) is 5.91 Å². The van der Waals surface area contributed by atoms with Crippen LogP contribution in [-0.2, 0) is 4.79 Å². The molecule has 0 saturated heterocycles. The summed E-state index contributed by atoms with van der Waals surface area (Å²) >= 11 is 0. The molecule has 1 fully saturated rings. The fraction of sp³-hybridized carbons (Fsp3) is 0.500. The van der Waals surface area contributed by atoms with E-state index in [1.54, 1.807) is 0 Å². The van der Waals surface area contributed by atoms with E-state index in [0.29, 0.717) is 12.8 Å². The third kappa shape index (κ3) is 5.02. The van der Waals surface area contributed by atoms with Gasteiger partial charge in [0, 0.05) is 6.42 Å². The molecular formula is C22H26F3NO. The molecule has 0 radical (unpaired) electrons.